The van der Waals surface area contributed by atoms with E-state index in [4.69, 9.17) is 0 Å². The number of hydrogen-bond acceptors (Lipinski definition) is 3. The molecule has 0 unspecified atom stereocenters. The lowest BCUT2D eigenvalue weighted by Crippen LogP contribution is -2.33. The van der Waals surface area contributed by atoms with E-state index in [0.29, 0.717) is 0 Å². The highest BCUT2D eigenvalue weighted by molar-refractivity contribution is 5.36. The van der Waals surface area contributed by atoms with Crippen LogP contribution in [0.2, 0.25) is 0 Å². The summed E-state index contributed by atoms with van der Waals surface area (Å²) in [5.74, 6) is 1.75. The molecular weight excluding hydrogens is 186 g/mol. The van der Waals surface area contributed by atoms with E-state index in [9.17, 15) is 0 Å². The Morgan fingerprint density at radius 1 is 1.60 bits per heavy atom. The lowest BCUT2D eigenvalue weighted by molar-refractivity contribution is 0.392. The molecule has 1 aliphatic heterocycles. The maximum absolute atomic E-state index is 4.29. The fourth-order valence-corrected chi connectivity index (χ4v) is 1.98. The average molecular weight is 205 g/mol. The molecule has 3 nitrogen and oxygen atoms in total. The van der Waals surface area contributed by atoms with Crippen molar-refractivity contribution in [3.8, 4) is 0 Å². The molecule has 2 rings (SSSR count). The van der Waals surface area contributed by atoms with Gasteiger partial charge in [-0.25, -0.2) is 4.98 Å². The van der Waals surface area contributed by atoms with E-state index in [1.165, 1.54) is 24.9 Å². The van der Waals surface area contributed by atoms with E-state index >= 15 is 0 Å². The van der Waals surface area contributed by atoms with Gasteiger partial charge in [-0.05, 0) is 56.5 Å². The topological polar surface area (TPSA) is 37.0 Å². The number of hydrogen-bond donors (Lipinski definition) is 2. The lowest BCUT2D eigenvalue weighted by atomic mass is 10.00. The number of nitrogens with zero attached hydrogens (tertiary/aromatic N) is 1. The summed E-state index contributed by atoms with van der Waals surface area (Å²) in [5.41, 5.74) is 1.26. The van der Waals surface area contributed by atoms with Crippen LogP contribution in [0, 0.1) is 12.8 Å². The van der Waals surface area contributed by atoms with Gasteiger partial charge in [0.25, 0.3) is 0 Å². The highest BCUT2D eigenvalue weighted by atomic mass is 15.0. The molecule has 3 heteroatoms. The highest BCUT2D eigenvalue weighted by Gasteiger charge is 2.12. The van der Waals surface area contributed by atoms with Gasteiger partial charge >= 0.3 is 0 Å². The molecule has 1 aliphatic rings. The SMILES string of the molecule is Cc1ccnc(NC[C@H]2CCCNC2)c1. The Morgan fingerprint density at radius 3 is 3.27 bits per heavy atom. The Labute approximate surface area is 91.3 Å². The molecule has 2 heterocycles. The smallest absolute Gasteiger partial charge is 0.126 e. The fraction of sp³-hybridized carbons (Fsp3) is 0.583. The van der Waals surface area contributed by atoms with Crippen molar-refractivity contribution in [1.29, 1.82) is 0 Å². The summed E-state index contributed by atoms with van der Waals surface area (Å²) in [6, 6.07) is 4.11. The first-order chi connectivity index (χ1) is 7.34. The van der Waals surface area contributed by atoms with E-state index in [-0.39, 0.29) is 0 Å². The zero-order valence-corrected chi connectivity index (χ0v) is 9.29. The van der Waals surface area contributed by atoms with Gasteiger partial charge in [0.1, 0.15) is 5.82 Å². The van der Waals surface area contributed by atoms with Crippen molar-refractivity contribution in [3.63, 3.8) is 0 Å². The van der Waals surface area contributed by atoms with Crippen LogP contribution >= 0.6 is 0 Å². The van der Waals surface area contributed by atoms with Gasteiger partial charge in [-0.15, -0.1) is 0 Å². The quantitative estimate of drug-likeness (QED) is 0.790. The van der Waals surface area contributed by atoms with Crippen LogP contribution in [0.25, 0.3) is 0 Å². The van der Waals surface area contributed by atoms with E-state index in [1.807, 2.05) is 12.3 Å². The summed E-state index contributed by atoms with van der Waals surface area (Å²) in [4.78, 5) is 4.29. The fourth-order valence-electron chi connectivity index (χ4n) is 1.98. The van der Waals surface area contributed by atoms with E-state index in [0.717, 1.165) is 24.8 Å². The lowest BCUT2D eigenvalue weighted by Gasteiger charge is -2.23. The van der Waals surface area contributed by atoms with Gasteiger partial charge in [0.2, 0.25) is 0 Å². The second-order valence-corrected chi connectivity index (χ2v) is 4.31. The summed E-state index contributed by atoms with van der Waals surface area (Å²) >= 11 is 0. The van der Waals surface area contributed by atoms with Crippen LogP contribution in [0.15, 0.2) is 18.3 Å². The van der Waals surface area contributed by atoms with Gasteiger partial charge in [-0.1, -0.05) is 0 Å². The number of rotatable bonds is 3. The van der Waals surface area contributed by atoms with Crippen molar-refractivity contribution in [3.05, 3.63) is 23.9 Å². The number of pyridine rings is 1. The largest absolute Gasteiger partial charge is 0.370 e. The van der Waals surface area contributed by atoms with Crippen LogP contribution in [0.4, 0.5) is 5.82 Å². The second-order valence-electron chi connectivity index (χ2n) is 4.31. The molecule has 1 aromatic heterocycles. The normalized spacial score (nSPS) is 21.3. The van der Waals surface area contributed by atoms with Gasteiger partial charge in [-0.2, -0.15) is 0 Å². The van der Waals surface area contributed by atoms with Crippen LogP contribution in [0.3, 0.4) is 0 Å². The standard InChI is InChI=1S/C12H19N3/c1-10-4-6-14-12(7-10)15-9-11-3-2-5-13-8-11/h4,6-7,11,13H,2-3,5,8-9H2,1H3,(H,14,15)/t11-/m0/s1. The van der Waals surface area contributed by atoms with Gasteiger partial charge in [0.05, 0.1) is 0 Å². The predicted molar refractivity (Wildman–Crippen MR) is 63.1 cm³/mol. The summed E-state index contributed by atoms with van der Waals surface area (Å²) in [5, 5.41) is 6.83. The molecule has 0 aliphatic carbocycles. The number of piperidine rings is 1. The zero-order valence-electron chi connectivity index (χ0n) is 9.29. The minimum absolute atomic E-state index is 0.751. The van der Waals surface area contributed by atoms with Crippen LogP contribution in [0.5, 0.6) is 0 Å². The Bertz CT molecular complexity index is 305. The summed E-state index contributed by atoms with van der Waals surface area (Å²) in [6.45, 7) is 5.44. The van der Waals surface area contributed by atoms with E-state index in [2.05, 4.69) is 28.6 Å². The third-order valence-corrected chi connectivity index (χ3v) is 2.89. The first-order valence-corrected chi connectivity index (χ1v) is 5.72. The third kappa shape index (κ3) is 3.20. The molecule has 0 saturated carbocycles. The monoisotopic (exact) mass is 205 g/mol. The Hall–Kier alpha value is -1.09. The maximum atomic E-state index is 4.29. The summed E-state index contributed by atoms with van der Waals surface area (Å²) < 4.78 is 0. The Kier molecular flexibility index (Phi) is 3.56. The first kappa shape index (κ1) is 10.4. The molecule has 0 aromatic carbocycles. The molecule has 2 N–H and O–H groups in total. The zero-order chi connectivity index (χ0) is 10.5. The molecular formula is C12H19N3. The maximum Gasteiger partial charge on any atom is 0.126 e. The molecule has 1 saturated heterocycles. The number of aromatic nitrogens is 1. The van der Waals surface area contributed by atoms with Gasteiger partial charge in [-0.3, -0.25) is 0 Å². The van der Waals surface area contributed by atoms with Crippen LogP contribution < -0.4 is 10.6 Å². The van der Waals surface area contributed by atoms with Crippen molar-refractivity contribution in [2.45, 2.75) is 19.8 Å². The number of aryl methyl sites for hydroxylation is 1. The van der Waals surface area contributed by atoms with Gasteiger partial charge in [0.15, 0.2) is 0 Å². The minimum atomic E-state index is 0.751. The van der Waals surface area contributed by atoms with Crippen molar-refractivity contribution in [2.75, 3.05) is 25.0 Å². The van der Waals surface area contributed by atoms with Gasteiger partial charge in [0, 0.05) is 12.7 Å². The average Bonchev–Trinajstić information content (AvgIpc) is 2.28. The van der Waals surface area contributed by atoms with Crippen molar-refractivity contribution in [2.24, 2.45) is 5.92 Å². The molecule has 1 aromatic rings. The third-order valence-electron chi connectivity index (χ3n) is 2.89. The van der Waals surface area contributed by atoms with E-state index < -0.39 is 0 Å². The van der Waals surface area contributed by atoms with Crippen molar-refractivity contribution >= 4 is 5.82 Å². The minimum Gasteiger partial charge on any atom is -0.370 e. The molecule has 0 radical (unpaired) electrons. The summed E-state index contributed by atoms with van der Waals surface area (Å²) in [6.07, 6.45) is 4.48. The molecule has 1 fully saturated rings. The molecule has 0 bridgehead atoms. The number of anilines is 1. The van der Waals surface area contributed by atoms with Crippen LogP contribution in [0.1, 0.15) is 18.4 Å². The predicted octanol–water partition coefficient (Wildman–Crippen LogP) is 1.80. The van der Waals surface area contributed by atoms with Crippen LogP contribution in [-0.2, 0) is 0 Å². The van der Waals surface area contributed by atoms with Crippen molar-refractivity contribution < 1.29 is 0 Å². The molecule has 15 heavy (non-hydrogen) atoms. The molecule has 0 amide bonds. The van der Waals surface area contributed by atoms with Gasteiger partial charge < -0.3 is 10.6 Å². The van der Waals surface area contributed by atoms with Crippen LogP contribution in [-0.4, -0.2) is 24.6 Å². The summed E-state index contributed by atoms with van der Waals surface area (Å²) in [7, 11) is 0. The molecule has 1 atom stereocenters. The molecule has 82 valence electrons. The number of nitrogens with one attached hydrogen (secondary N) is 2. The molecule has 0 spiro atoms. The van der Waals surface area contributed by atoms with E-state index in [1.54, 1.807) is 0 Å². The highest BCUT2D eigenvalue weighted by Crippen LogP contribution is 2.11. The van der Waals surface area contributed by atoms with Crippen molar-refractivity contribution in [1.82, 2.24) is 10.3 Å². The Morgan fingerprint density at radius 2 is 2.53 bits per heavy atom. The first-order valence-electron chi connectivity index (χ1n) is 5.72. The Balaban J connectivity index is 1.81. The second kappa shape index (κ2) is 5.12.